The summed E-state index contributed by atoms with van der Waals surface area (Å²) in [7, 11) is 0. The van der Waals surface area contributed by atoms with E-state index in [1.807, 2.05) is 6.92 Å². The molecule has 0 aliphatic heterocycles. The maximum absolute atomic E-state index is 13.4. The lowest BCUT2D eigenvalue weighted by Crippen LogP contribution is -2.26. The van der Waals surface area contributed by atoms with Gasteiger partial charge in [-0.1, -0.05) is 19.4 Å². The van der Waals surface area contributed by atoms with E-state index in [1.165, 1.54) is 6.07 Å². The van der Waals surface area contributed by atoms with Gasteiger partial charge in [0.15, 0.2) is 17.5 Å². The smallest absolute Gasteiger partial charge is 0.304 e. The summed E-state index contributed by atoms with van der Waals surface area (Å²) >= 11 is 0. The molecule has 0 saturated carbocycles. The summed E-state index contributed by atoms with van der Waals surface area (Å²) in [6.45, 7) is 1.93. The molecular formula is C15H20F3NO2. The maximum Gasteiger partial charge on any atom is 0.304 e. The molecule has 21 heavy (non-hydrogen) atoms. The number of aryl methyl sites for hydroxylation is 1. The van der Waals surface area contributed by atoms with Crippen LogP contribution in [0.1, 0.15) is 38.2 Å². The van der Waals surface area contributed by atoms with Crippen LogP contribution >= 0.6 is 0 Å². The second-order valence-corrected chi connectivity index (χ2v) is 5.43. The van der Waals surface area contributed by atoms with Gasteiger partial charge in [0.25, 0.3) is 0 Å². The molecule has 118 valence electrons. The van der Waals surface area contributed by atoms with Crippen LogP contribution in [0, 0.1) is 23.4 Å². The standard InChI is InChI=1S/C15H20F3NO2/c1-9(7-11(19)8-13(20)21)3-2-4-10-5-6-12(16)15(18)14(10)17/h5-6,9,11H,2-4,7-8,19H2,1H3,(H,20,21). The van der Waals surface area contributed by atoms with Crippen molar-refractivity contribution in [1.29, 1.82) is 0 Å². The van der Waals surface area contributed by atoms with Gasteiger partial charge < -0.3 is 10.8 Å². The molecule has 0 aliphatic rings. The van der Waals surface area contributed by atoms with Crippen LogP contribution in [0.5, 0.6) is 0 Å². The topological polar surface area (TPSA) is 63.3 Å². The molecule has 3 nitrogen and oxygen atoms in total. The molecule has 0 heterocycles. The van der Waals surface area contributed by atoms with Crippen LogP contribution in [0.4, 0.5) is 13.2 Å². The molecule has 0 saturated heterocycles. The Bertz CT molecular complexity index is 494. The fraction of sp³-hybridized carbons (Fsp3) is 0.533. The monoisotopic (exact) mass is 303 g/mol. The van der Waals surface area contributed by atoms with Gasteiger partial charge in [0.05, 0.1) is 6.42 Å². The highest BCUT2D eigenvalue weighted by molar-refractivity contribution is 5.67. The number of benzene rings is 1. The molecule has 3 N–H and O–H groups in total. The van der Waals surface area contributed by atoms with Crippen molar-refractivity contribution >= 4 is 5.97 Å². The van der Waals surface area contributed by atoms with Crippen molar-refractivity contribution in [2.24, 2.45) is 11.7 Å². The van der Waals surface area contributed by atoms with E-state index in [0.29, 0.717) is 25.7 Å². The zero-order chi connectivity index (χ0) is 16.0. The number of hydrogen-bond donors (Lipinski definition) is 2. The molecule has 0 radical (unpaired) electrons. The summed E-state index contributed by atoms with van der Waals surface area (Å²) in [6, 6.07) is 1.76. The zero-order valence-corrected chi connectivity index (χ0v) is 11.9. The first-order valence-corrected chi connectivity index (χ1v) is 6.91. The highest BCUT2D eigenvalue weighted by Gasteiger charge is 2.15. The molecule has 2 atom stereocenters. The molecule has 0 fully saturated rings. The number of rotatable bonds is 8. The molecule has 0 aliphatic carbocycles. The van der Waals surface area contributed by atoms with Crippen LogP contribution in [0.15, 0.2) is 12.1 Å². The lowest BCUT2D eigenvalue weighted by atomic mass is 9.94. The predicted octanol–water partition coefficient (Wildman–Crippen LogP) is 3.25. The van der Waals surface area contributed by atoms with E-state index < -0.39 is 29.5 Å². The molecule has 6 heteroatoms. The molecule has 1 aromatic carbocycles. The maximum atomic E-state index is 13.4. The molecule has 0 bridgehead atoms. The first-order valence-electron chi connectivity index (χ1n) is 6.91. The third-order valence-corrected chi connectivity index (χ3v) is 3.40. The largest absolute Gasteiger partial charge is 0.481 e. The lowest BCUT2D eigenvalue weighted by Gasteiger charge is -2.15. The van der Waals surface area contributed by atoms with Gasteiger partial charge in [-0.25, -0.2) is 13.2 Å². The SMILES string of the molecule is CC(CCCc1ccc(F)c(F)c1F)CC(N)CC(=O)O. The second-order valence-electron chi connectivity index (χ2n) is 5.43. The van der Waals surface area contributed by atoms with E-state index in [4.69, 9.17) is 10.8 Å². The van der Waals surface area contributed by atoms with Crippen LogP contribution in [0.2, 0.25) is 0 Å². The molecule has 0 aromatic heterocycles. The van der Waals surface area contributed by atoms with E-state index in [1.54, 1.807) is 0 Å². The normalized spacial score (nSPS) is 14.0. The predicted molar refractivity (Wildman–Crippen MR) is 73.3 cm³/mol. The van der Waals surface area contributed by atoms with Gasteiger partial charge in [-0.15, -0.1) is 0 Å². The summed E-state index contributed by atoms with van der Waals surface area (Å²) in [5, 5.41) is 8.61. The van der Waals surface area contributed by atoms with Gasteiger partial charge in [0, 0.05) is 6.04 Å². The van der Waals surface area contributed by atoms with Crippen molar-refractivity contribution in [3.05, 3.63) is 35.1 Å². The molecule has 0 amide bonds. The summed E-state index contributed by atoms with van der Waals surface area (Å²) in [4.78, 5) is 10.5. The van der Waals surface area contributed by atoms with Crippen LogP contribution in [0.3, 0.4) is 0 Å². The van der Waals surface area contributed by atoms with Crippen molar-refractivity contribution < 1.29 is 23.1 Å². The van der Waals surface area contributed by atoms with Crippen LogP contribution in [-0.4, -0.2) is 17.1 Å². The quantitative estimate of drug-likeness (QED) is 0.725. The number of carbonyl (C=O) groups is 1. The minimum absolute atomic E-state index is 0.0812. The Labute approximate surface area is 122 Å². The Kier molecular flexibility index (Phi) is 6.68. The van der Waals surface area contributed by atoms with Crippen molar-refractivity contribution in [3.63, 3.8) is 0 Å². The Balaban J connectivity index is 2.40. The number of halogens is 3. The van der Waals surface area contributed by atoms with Gasteiger partial charge in [-0.3, -0.25) is 4.79 Å². The van der Waals surface area contributed by atoms with Crippen molar-refractivity contribution in [2.75, 3.05) is 0 Å². The molecule has 1 rings (SSSR count). The average Bonchev–Trinajstić information content (AvgIpc) is 2.37. The van der Waals surface area contributed by atoms with Gasteiger partial charge in [-0.05, 0) is 36.8 Å². The fourth-order valence-electron chi connectivity index (χ4n) is 2.34. The molecule has 0 spiro atoms. The van der Waals surface area contributed by atoms with Gasteiger partial charge in [-0.2, -0.15) is 0 Å². The molecule has 1 aromatic rings. The van der Waals surface area contributed by atoms with Crippen molar-refractivity contribution in [1.82, 2.24) is 0 Å². The Morgan fingerprint density at radius 2 is 1.95 bits per heavy atom. The highest BCUT2D eigenvalue weighted by atomic mass is 19.2. The number of aliphatic carboxylic acids is 1. The van der Waals surface area contributed by atoms with E-state index in [-0.39, 0.29) is 17.9 Å². The van der Waals surface area contributed by atoms with Gasteiger partial charge in [0.2, 0.25) is 0 Å². The van der Waals surface area contributed by atoms with Crippen LogP contribution < -0.4 is 5.73 Å². The average molecular weight is 303 g/mol. The summed E-state index contributed by atoms with van der Waals surface area (Å²) in [5.74, 6) is -4.51. The number of nitrogens with two attached hydrogens (primary N) is 1. The Morgan fingerprint density at radius 3 is 2.57 bits per heavy atom. The second kappa shape index (κ2) is 8.02. The van der Waals surface area contributed by atoms with Crippen molar-refractivity contribution in [2.45, 2.75) is 45.1 Å². The summed E-state index contributed by atoms with van der Waals surface area (Å²) in [6.07, 6.45) is 2.10. The first-order chi connectivity index (χ1) is 9.81. The number of carboxylic acids is 1. The van der Waals surface area contributed by atoms with E-state index in [9.17, 15) is 18.0 Å². The fourth-order valence-corrected chi connectivity index (χ4v) is 2.34. The minimum Gasteiger partial charge on any atom is -0.481 e. The van der Waals surface area contributed by atoms with Gasteiger partial charge in [0.1, 0.15) is 0 Å². The number of hydrogen-bond acceptors (Lipinski definition) is 2. The van der Waals surface area contributed by atoms with Gasteiger partial charge >= 0.3 is 5.97 Å². The molecular weight excluding hydrogens is 283 g/mol. The van der Waals surface area contributed by atoms with Crippen molar-refractivity contribution in [3.8, 4) is 0 Å². The number of carboxylic acid groups (broad SMARTS) is 1. The first kappa shape index (κ1) is 17.5. The minimum atomic E-state index is -1.44. The Hall–Kier alpha value is -1.56. The third kappa shape index (κ3) is 5.75. The van der Waals surface area contributed by atoms with E-state index in [2.05, 4.69) is 0 Å². The zero-order valence-electron chi connectivity index (χ0n) is 11.9. The van der Waals surface area contributed by atoms with E-state index >= 15 is 0 Å². The highest BCUT2D eigenvalue weighted by Crippen LogP contribution is 2.20. The van der Waals surface area contributed by atoms with Crippen LogP contribution in [0.25, 0.3) is 0 Å². The Morgan fingerprint density at radius 1 is 1.29 bits per heavy atom. The van der Waals surface area contributed by atoms with E-state index in [0.717, 1.165) is 6.07 Å². The molecule has 2 unspecified atom stereocenters. The van der Waals surface area contributed by atoms with Crippen LogP contribution in [-0.2, 0) is 11.2 Å². The summed E-state index contributed by atoms with van der Waals surface area (Å²) in [5.41, 5.74) is 5.84. The third-order valence-electron chi connectivity index (χ3n) is 3.40. The summed E-state index contributed by atoms with van der Waals surface area (Å²) < 4.78 is 39.3. The lowest BCUT2D eigenvalue weighted by molar-refractivity contribution is -0.137.